The van der Waals surface area contributed by atoms with Crippen molar-refractivity contribution in [2.45, 2.75) is 20.3 Å². The van der Waals surface area contributed by atoms with Crippen LogP contribution in [0.2, 0.25) is 0 Å². The highest BCUT2D eigenvalue weighted by Crippen LogP contribution is 2.22. The summed E-state index contributed by atoms with van der Waals surface area (Å²) in [6.07, 6.45) is 0.871. The van der Waals surface area contributed by atoms with Gasteiger partial charge in [0.15, 0.2) is 11.7 Å². The minimum Gasteiger partial charge on any atom is -0.381 e. The molecule has 0 aromatic carbocycles. The third kappa shape index (κ3) is 1.41. The van der Waals surface area contributed by atoms with Crippen molar-refractivity contribution in [3.8, 4) is 0 Å². The van der Waals surface area contributed by atoms with Crippen LogP contribution in [-0.2, 0) is 6.42 Å². The normalized spacial score (nSPS) is 14.3. The van der Waals surface area contributed by atoms with Gasteiger partial charge >= 0.3 is 0 Å². The molecule has 0 saturated carbocycles. The second-order valence-electron chi connectivity index (χ2n) is 2.98. The number of anilines is 1. The number of rotatable bonds is 1. The molecule has 0 unspecified atom stereocenters. The van der Waals surface area contributed by atoms with Crippen molar-refractivity contribution in [1.29, 1.82) is 0 Å². The van der Waals surface area contributed by atoms with Gasteiger partial charge in [0.1, 0.15) is 5.69 Å². The number of aryl methyl sites for hydroxylation is 2. The molecule has 3 N–H and O–H groups in total. The van der Waals surface area contributed by atoms with Crippen LogP contribution in [-0.4, -0.2) is 15.8 Å². The summed E-state index contributed by atoms with van der Waals surface area (Å²) in [6.45, 7) is 3.98. The van der Waals surface area contributed by atoms with E-state index in [0.717, 1.165) is 17.8 Å². The third-order valence-corrected chi connectivity index (χ3v) is 2.60. The fraction of sp³-hybridized carbons (Fsp3) is 0.375. The fourth-order valence-corrected chi connectivity index (χ4v) is 1.76. The van der Waals surface area contributed by atoms with E-state index < -0.39 is 0 Å². The van der Waals surface area contributed by atoms with Crippen LogP contribution in [0.25, 0.3) is 0 Å². The molecule has 2 rings (SSSR count). The van der Waals surface area contributed by atoms with Crippen molar-refractivity contribution in [2.75, 3.05) is 4.72 Å². The van der Waals surface area contributed by atoms with Gasteiger partial charge in [0.25, 0.3) is 0 Å². The van der Waals surface area contributed by atoms with Gasteiger partial charge in [-0.25, -0.2) is 9.97 Å². The summed E-state index contributed by atoms with van der Waals surface area (Å²) in [4.78, 5) is 8.80. The molecule has 0 bridgehead atoms. The summed E-state index contributed by atoms with van der Waals surface area (Å²) in [5, 5.41) is 0. The number of nitrogens with zero attached hydrogens (tertiary/aromatic N) is 3. The highest BCUT2D eigenvalue weighted by molar-refractivity contribution is 7.99. The molecule has 14 heavy (non-hydrogen) atoms. The van der Waals surface area contributed by atoms with E-state index in [2.05, 4.69) is 26.0 Å². The summed E-state index contributed by atoms with van der Waals surface area (Å²) in [7, 11) is 0. The standard InChI is InChI=1S/C8H11N5S/c1-3-5-4(2)10-6-7(9)12-14-13-8(6)11-5/h3H2,1-2H3,(H2,9,12)(H,11,13). The Bertz CT molecular complexity index is 401. The van der Waals surface area contributed by atoms with E-state index in [-0.39, 0.29) is 0 Å². The molecule has 0 amide bonds. The molecule has 0 spiro atoms. The molecule has 1 aliphatic rings. The number of aromatic nitrogens is 2. The molecular weight excluding hydrogens is 198 g/mol. The molecule has 0 saturated heterocycles. The predicted molar refractivity (Wildman–Crippen MR) is 58.1 cm³/mol. The first-order valence-electron chi connectivity index (χ1n) is 4.35. The number of amidine groups is 1. The van der Waals surface area contributed by atoms with Crippen LogP contribution < -0.4 is 10.5 Å². The lowest BCUT2D eigenvalue weighted by Gasteiger charge is -2.14. The van der Waals surface area contributed by atoms with Gasteiger partial charge in [-0.1, -0.05) is 6.92 Å². The lowest BCUT2D eigenvalue weighted by molar-refractivity contribution is 0.957. The minimum absolute atomic E-state index is 0.432. The predicted octanol–water partition coefficient (Wildman–Crippen LogP) is 1.04. The maximum absolute atomic E-state index is 5.69. The second kappa shape index (κ2) is 3.45. The number of fused-ring (bicyclic) bond motifs is 1. The lowest BCUT2D eigenvalue weighted by atomic mass is 10.2. The first-order valence-corrected chi connectivity index (χ1v) is 5.13. The summed E-state index contributed by atoms with van der Waals surface area (Å²) >= 11 is 1.18. The van der Waals surface area contributed by atoms with Crippen molar-refractivity contribution in [2.24, 2.45) is 10.1 Å². The summed E-state index contributed by atoms with van der Waals surface area (Å²) in [5.74, 6) is 1.15. The van der Waals surface area contributed by atoms with E-state index >= 15 is 0 Å². The second-order valence-corrected chi connectivity index (χ2v) is 3.55. The van der Waals surface area contributed by atoms with Gasteiger partial charge in [-0.15, -0.1) is 0 Å². The van der Waals surface area contributed by atoms with Crippen molar-refractivity contribution >= 4 is 23.8 Å². The number of nitrogens with two attached hydrogens (primary N) is 1. The Labute approximate surface area is 86.5 Å². The van der Waals surface area contributed by atoms with Crippen molar-refractivity contribution in [3.63, 3.8) is 0 Å². The van der Waals surface area contributed by atoms with Crippen LogP contribution in [0, 0.1) is 6.92 Å². The van der Waals surface area contributed by atoms with Gasteiger partial charge < -0.3 is 5.73 Å². The van der Waals surface area contributed by atoms with E-state index in [4.69, 9.17) is 5.73 Å². The van der Waals surface area contributed by atoms with E-state index in [1.807, 2.05) is 6.92 Å². The Hall–Kier alpha value is -1.30. The van der Waals surface area contributed by atoms with E-state index in [1.54, 1.807) is 0 Å². The van der Waals surface area contributed by atoms with Crippen molar-refractivity contribution in [3.05, 3.63) is 17.1 Å². The first-order chi connectivity index (χ1) is 6.72. The fourth-order valence-electron chi connectivity index (χ4n) is 1.30. The molecule has 2 heterocycles. The average Bonchev–Trinajstić information content (AvgIpc) is 2.19. The van der Waals surface area contributed by atoms with Gasteiger partial charge in [-0.2, -0.15) is 4.40 Å². The van der Waals surface area contributed by atoms with Crippen molar-refractivity contribution in [1.82, 2.24) is 9.97 Å². The van der Waals surface area contributed by atoms with Gasteiger partial charge in [0.2, 0.25) is 0 Å². The third-order valence-electron chi connectivity index (χ3n) is 2.03. The zero-order valence-electron chi connectivity index (χ0n) is 8.03. The highest BCUT2D eigenvalue weighted by Gasteiger charge is 2.16. The van der Waals surface area contributed by atoms with Gasteiger partial charge in [0, 0.05) is 0 Å². The van der Waals surface area contributed by atoms with Crippen LogP contribution in [0.4, 0.5) is 5.82 Å². The molecular formula is C8H11N5S. The molecule has 1 aromatic heterocycles. The molecule has 0 aliphatic carbocycles. The van der Waals surface area contributed by atoms with Crippen LogP contribution in [0.1, 0.15) is 24.0 Å². The Balaban J connectivity index is 2.56. The Morgan fingerprint density at radius 2 is 2.21 bits per heavy atom. The topological polar surface area (TPSA) is 76.2 Å². The zero-order chi connectivity index (χ0) is 10.1. The molecule has 0 fully saturated rings. The number of nitrogens with one attached hydrogen (secondary N) is 1. The molecule has 0 atom stereocenters. The van der Waals surface area contributed by atoms with Gasteiger partial charge in [-0.3, -0.25) is 4.72 Å². The largest absolute Gasteiger partial charge is 0.381 e. The lowest BCUT2D eigenvalue weighted by Crippen LogP contribution is -2.21. The minimum atomic E-state index is 0.432. The van der Waals surface area contributed by atoms with E-state index in [9.17, 15) is 0 Å². The first kappa shape index (κ1) is 9.26. The van der Waals surface area contributed by atoms with Crippen LogP contribution in [0.5, 0.6) is 0 Å². The quantitative estimate of drug-likeness (QED) is 0.676. The Morgan fingerprint density at radius 3 is 2.93 bits per heavy atom. The summed E-state index contributed by atoms with van der Waals surface area (Å²) in [6, 6.07) is 0. The van der Waals surface area contributed by atoms with Gasteiger partial charge in [-0.05, 0) is 13.3 Å². The van der Waals surface area contributed by atoms with Crippen LogP contribution >= 0.6 is 12.1 Å². The van der Waals surface area contributed by atoms with Crippen LogP contribution in [0.3, 0.4) is 0 Å². The molecule has 1 aliphatic heterocycles. The monoisotopic (exact) mass is 209 g/mol. The highest BCUT2D eigenvalue weighted by atomic mass is 32.2. The molecule has 74 valence electrons. The smallest absolute Gasteiger partial charge is 0.167 e. The summed E-state index contributed by atoms with van der Waals surface area (Å²) < 4.78 is 6.94. The Kier molecular flexibility index (Phi) is 2.28. The molecule has 6 heteroatoms. The van der Waals surface area contributed by atoms with Crippen LogP contribution in [0.15, 0.2) is 4.40 Å². The summed E-state index contributed by atoms with van der Waals surface area (Å²) in [5.41, 5.74) is 8.25. The maximum atomic E-state index is 5.69. The SMILES string of the molecule is CCc1nc2c(nc1C)C(N)=NSN2. The van der Waals surface area contributed by atoms with E-state index in [0.29, 0.717) is 17.3 Å². The van der Waals surface area contributed by atoms with Gasteiger partial charge in [0.05, 0.1) is 23.5 Å². The number of hydrogen-bond acceptors (Lipinski definition) is 6. The molecule has 5 nitrogen and oxygen atoms in total. The number of hydrogen-bond donors (Lipinski definition) is 2. The molecule has 0 radical (unpaired) electrons. The Morgan fingerprint density at radius 1 is 1.43 bits per heavy atom. The maximum Gasteiger partial charge on any atom is 0.167 e. The van der Waals surface area contributed by atoms with Crippen molar-refractivity contribution < 1.29 is 0 Å². The van der Waals surface area contributed by atoms with E-state index in [1.165, 1.54) is 12.1 Å². The average molecular weight is 209 g/mol. The zero-order valence-corrected chi connectivity index (χ0v) is 8.85. The molecule has 1 aromatic rings.